The summed E-state index contributed by atoms with van der Waals surface area (Å²) in [6.45, 7) is 10.9. The van der Waals surface area contributed by atoms with Gasteiger partial charge in [0.15, 0.2) is 0 Å². The summed E-state index contributed by atoms with van der Waals surface area (Å²) in [7, 11) is -0.849. The highest BCUT2D eigenvalue weighted by Crippen LogP contribution is 2.53. The fraction of sp³-hybridized carbons (Fsp3) is 0.667. The van der Waals surface area contributed by atoms with Crippen LogP contribution in [0.4, 0.5) is 14.7 Å². The van der Waals surface area contributed by atoms with Crippen molar-refractivity contribution < 1.29 is 8.78 Å². The first kappa shape index (κ1) is 32.5. The molecule has 1 aromatic heterocycles. The summed E-state index contributed by atoms with van der Waals surface area (Å²) in [5, 5.41) is 0. The van der Waals surface area contributed by atoms with Crippen molar-refractivity contribution in [1.82, 2.24) is 9.97 Å². The van der Waals surface area contributed by atoms with E-state index < -0.39 is 10.0 Å². The highest BCUT2D eigenvalue weighted by atomic mass is 32.3. The molecule has 1 atom stereocenters. The molecule has 2 aromatic rings. The Hall–Kier alpha value is -2.02. The standard InChI is InChI=1S/C33H52F2N4S/c1-7-8-9-10-11-12-14-26(21-34)17-19-36-29-24-39(25-29)32-37-22-28(23-38-32)30-16-13-15-27(31(30)35)18-20-40(5,6)33(2,3)4/h13,15-16,22-23,26H,7-12,14,17-21,24-25H2,1-6H3. The number of hydrogen-bond donors (Lipinski definition) is 0. The predicted molar refractivity (Wildman–Crippen MR) is 172 cm³/mol. The normalized spacial score (nSPS) is 15.2. The van der Waals surface area contributed by atoms with Gasteiger partial charge in [-0.3, -0.25) is 9.38 Å². The second kappa shape index (κ2) is 15.3. The maximum atomic E-state index is 15.5. The Bertz CT molecular complexity index is 1070. The van der Waals surface area contributed by atoms with Crippen LogP contribution in [-0.2, 0) is 6.42 Å². The largest absolute Gasteiger partial charge is 0.330 e. The van der Waals surface area contributed by atoms with Gasteiger partial charge in [-0.15, -0.1) is 0 Å². The molecule has 2 heterocycles. The second-order valence-electron chi connectivity index (χ2n) is 12.8. The topological polar surface area (TPSA) is 41.4 Å². The van der Waals surface area contributed by atoms with Crippen molar-refractivity contribution in [2.45, 2.75) is 90.2 Å². The molecule has 0 radical (unpaired) electrons. The van der Waals surface area contributed by atoms with Crippen molar-refractivity contribution in [1.29, 1.82) is 0 Å². The molecular weight excluding hydrogens is 522 g/mol. The Balaban J connectivity index is 1.47. The van der Waals surface area contributed by atoms with Gasteiger partial charge in [-0.2, -0.15) is 0 Å². The van der Waals surface area contributed by atoms with E-state index in [4.69, 9.17) is 4.99 Å². The number of aromatic nitrogens is 2. The maximum Gasteiger partial charge on any atom is 0.225 e. The first-order chi connectivity index (χ1) is 19.1. The molecule has 224 valence electrons. The van der Waals surface area contributed by atoms with Crippen molar-refractivity contribution in [3.63, 3.8) is 0 Å². The molecule has 0 N–H and O–H groups in total. The summed E-state index contributed by atoms with van der Waals surface area (Å²) in [6, 6.07) is 5.64. The number of aliphatic imine (C=N–C) groups is 1. The molecule has 0 saturated carbocycles. The van der Waals surface area contributed by atoms with Gasteiger partial charge in [0.1, 0.15) is 5.82 Å². The first-order valence-electron chi connectivity index (χ1n) is 15.2. The van der Waals surface area contributed by atoms with Crippen LogP contribution in [0.5, 0.6) is 0 Å². The summed E-state index contributed by atoms with van der Waals surface area (Å²) < 4.78 is 29.1. The number of unbranched alkanes of at least 4 members (excludes halogenated alkanes) is 5. The number of alkyl halides is 1. The molecule has 1 aliphatic heterocycles. The smallest absolute Gasteiger partial charge is 0.225 e. The Labute approximate surface area is 243 Å². The van der Waals surface area contributed by atoms with Crippen molar-refractivity contribution in [2.24, 2.45) is 10.9 Å². The second-order valence-corrected chi connectivity index (χ2v) is 17.5. The summed E-state index contributed by atoms with van der Waals surface area (Å²) in [6.07, 6.45) is 18.1. The Kier molecular flexibility index (Phi) is 12.4. The summed E-state index contributed by atoms with van der Waals surface area (Å²) in [5.74, 6) is 1.61. The van der Waals surface area contributed by atoms with Crippen molar-refractivity contribution in [3.05, 3.63) is 42.0 Å². The third-order valence-electron chi connectivity index (χ3n) is 8.65. The lowest BCUT2D eigenvalue weighted by molar-refractivity contribution is 0.321. The number of rotatable bonds is 16. The number of hydrogen-bond acceptors (Lipinski definition) is 4. The van der Waals surface area contributed by atoms with Gasteiger partial charge in [-0.1, -0.05) is 84.4 Å². The van der Waals surface area contributed by atoms with Gasteiger partial charge in [0.25, 0.3) is 0 Å². The molecule has 1 fully saturated rings. The molecule has 1 aromatic carbocycles. The minimum absolute atomic E-state index is 0.132. The van der Waals surface area contributed by atoms with E-state index in [1.165, 1.54) is 32.1 Å². The molecule has 1 aliphatic rings. The van der Waals surface area contributed by atoms with Gasteiger partial charge in [-0.25, -0.2) is 24.4 Å². The molecule has 40 heavy (non-hydrogen) atoms. The third kappa shape index (κ3) is 9.25. The van der Waals surface area contributed by atoms with Crippen LogP contribution in [0.1, 0.15) is 84.6 Å². The van der Waals surface area contributed by atoms with E-state index >= 15 is 4.39 Å². The highest BCUT2D eigenvalue weighted by Gasteiger charge is 2.28. The molecule has 3 rings (SSSR count). The molecule has 0 amide bonds. The SMILES string of the molecule is CCCCCCCCC(CF)CCN=C1CN(c2ncc(-c3cccc(CCS(C)(C)C(C)(C)C)c3F)cn2)C1. The Morgan fingerprint density at radius 3 is 2.33 bits per heavy atom. The Morgan fingerprint density at radius 2 is 1.68 bits per heavy atom. The minimum atomic E-state index is -0.849. The number of halogens is 2. The predicted octanol–water partition coefficient (Wildman–Crippen LogP) is 8.68. The Morgan fingerprint density at radius 1 is 1.00 bits per heavy atom. The lowest BCUT2D eigenvalue weighted by atomic mass is 9.98. The number of anilines is 1. The molecule has 1 saturated heterocycles. The quantitative estimate of drug-likeness (QED) is 0.188. The van der Waals surface area contributed by atoms with E-state index in [1.54, 1.807) is 12.4 Å². The monoisotopic (exact) mass is 574 g/mol. The van der Waals surface area contributed by atoms with Crippen molar-refractivity contribution >= 4 is 21.7 Å². The highest BCUT2D eigenvalue weighted by molar-refractivity contribution is 8.33. The van der Waals surface area contributed by atoms with E-state index in [0.717, 1.165) is 42.7 Å². The number of nitrogens with zero attached hydrogens (tertiary/aromatic N) is 4. The number of benzene rings is 1. The van der Waals surface area contributed by atoms with E-state index in [2.05, 4.69) is 55.1 Å². The van der Waals surface area contributed by atoms with Crippen molar-refractivity contribution in [2.75, 3.05) is 49.5 Å². The van der Waals surface area contributed by atoms with Gasteiger partial charge in [0, 0.05) is 30.1 Å². The van der Waals surface area contributed by atoms with E-state index in [1.807, 2.05) is 18.2 Å². The van der Waals surface area contributed by atoms with Crippen molar-refractivity contribution in [3.8, 4) is 11.1 Å². The van der Waals surface area contributed by atoms with Crippen LogP contribution < -0.4 is 4.90 Å². The van der Waals surface area contributed by atoms with Crippen LogP contribution in [0.2, 0.25) is 0 Å². The lowest BCUT2D eigenvalue weighted by Gasteiger charge is -2.44. The summed E-state index contributed by atoms with van der Waals surface area (Å²) in [5.41, 5.74) is 3.13. The molecular formula is C33H52F2N4S. The summed E-state index contributed by atoms with van der Waals surface area (Å²) in [4.78, 5) is 15.8. The molecule has 4 nitrogen and oxygen atoms in total. The van der Waals surface area contributed by atoms with E-state index in [9.17, 15) is 4.39 Å². The van der Waals surface area contributed by atoms with Crippen LogP contribution in [0, 0.1) is 11.7 Å². The van der Waals surface area contributed by atoms with Gasteiger partial charge < -0.3 is 4.90 Å². The van der Waals surface area contributed by atoms with Crippen LogP contribution in [0.25, 0.3) is 11.1 Å². The fourth-order valence-corrected chi connectivity index (χ4v) is 6.19. The average molecular weight is 575 g/mol. The zero-order valence-electron chi connectivity index (χ0n) is 25.8. The van der Waals surface area contributed by atoms with Gasteiger partial charge >= 0.3 is 0 Å². The first-order valence-corrected chi connectivity index (χ1v) is 17.8. The molecule has 0 aliphatic carbocycles. The zero-order chi connectivity index (χ0) is 29.2. The summed E-state index contributed by atoms with van der Waals surface area (Å²) >= 11 is 0. The fourth-order valence-electron chi connectivity index (χ4n) is 4.84. The molecule has 1 unspecified atom stereocenters. The molecule has 0 bridgehead atoms. The third-order valence-corrected chi connectivity index (χ3v) is 13.2. The maximum absolute atomic E-state index is 15.5. The van der Waals surface area contributed by atoms with Crippen LogP contribution >= 0.6 is 10.0 Å². The van der Waals surface area contributed by atoms with Crippen LogP contribution in [-0.4, -0.2) is 65.0 Å². The number of aryl methyl sites for hydroxylation is 1. The van der Waals surface area contributed by atoms with Gasteiger partial charge in [-0.05, 0) is 53.8 Å². The van der Waals surface area contributed by atoms with Gasteiger partial charge in [0.2, 0.25) is 5.95 Å². The average Bonchev–Trinajstić information content (AvgIpc) is 2.89. The lowest BCUT2D eigenvalue weighted by Crippen LogP contribution is -2.48. The molecule has 0 spiro atoms. The zero-order valence-corrected chi connectivity index (χ0v) is 26.6. The van der Waals surface area contributed by atoms with Crippen LogP contribution in [0.3, 0.4) is 0 Å². The molecule has 7 heteroatoms. The van der Waals surface area contributed by atoms with Crippen LogP contribution in [0.15, 0.2) is 35.6 Å². The minimum Gasteiger partial charge on any atom is -0.330 e. The van der Waals surface area contributed by atoms with E-state index in [-0.39, 0.29) is 23.2 Å². The van der Waals surface area contributed by atoms with Gasteiger partial charge in [0.05, 0.1) is 25.5 Å². The van der Waals surface area contributed by atoms with E-state index in [0.29, 0.717) is 36.7 Å².